The van der Waals surface area contributed by atoms with E-state index in [9.17, 15) is 4.79 Å². The molecule has 1 aromatic carbocycles. The number of aromatic nitrogens is 1. The number of esters is 1. The van der Waals surface area contributed by atoms with E-state index >= 15 is 0 Å². The van der Waals surface area contributed by atoms with Crippen LogP contribution in [0.3, 0.4) is 0 Å². The number of rotatable bonds is 11. The first-order valence-corrected chi connectivity index (χ1v) is 8.98. The number of ether oxygens (including phenoxy) is 1. The molecule has 0 saturated heterocycles. The first kappa shape index (κ1) is 18.2. The molecule has 0 aliphatic rings. The van der Waals surface area contributed by atoms with E-state index in [1.165, 1.54) is 25.7 Å². The predicted molar refractivity (Wildman–Crippen MR) is 95.4 cm³/mol. The van der Waals surface area contributed by atoms with E-state index in [1.54, 1.807) is 0 Å². The molecule has 0 unspecified atom stereocenters. The number of carbonyl (C=O) groups excluding carboxylic acids is 1. The van der Waals surface area contributed by atoms with Gasteiger partial charge in [-0.3, -0.25) is 4.79 Å². The standard InChI is InChI=1S/C21H28NO2/c23-21(19-20-13-7-5-8-14-20)24-18-12-4-2-1-3-9-15-22-16-10-6-11-17-22/h5-8,10-11,13-14,16-17H,1-4,9,12,15,18-19H2/q+1. The number of nitrogens with zero attached hydrogens (tertiary/aromatic N) is 1. The Kier molecular flexibility index (Phi) is 8.63. The molecule has 0 spiro atoms. The third kappa shape index (κ3) is 7.91. The van der Waals surface area contributed by atoms with Crippen molar-refractivity contribution in [3.05, 3.63) is 66.5 Å². The monoisotopic (exact) mass is 326 g/mol. The summed E-state index contributed by atoms with van der Waals surface area (Å²) in [5.41, 5.74) is 1.01. The number of hydrogen-bond acceptors (Lipinski definition) is 2. The number of pyridine rings is 1. The van der Waals surface area contributed by atoms with Crippen molar-refractivity contribution >= 4 is 5.97 Å². The van der Waals surface area contributed by atoms with Crippen LogP contribution in [-0.2, 0) is 22.5 Å². The van der Waals surface area contributed by atoms with Crippen LogP contribution in [-0.4, -0.2) is 12.6 Å². The number of hydrogen-bond donors (Lipinski definition) is 0. The fraction of sp³-hybridized carbons (Fsp3) is 0.429. The molecule has 0 N–H and O–H groups in total. The van der Waals surface area contributed by atoms with Crippen LogP contribution in [0.4, 0.5) is 0 Å². The van der Waals surface area contributed by atoms with Gasteiger partial charge in [0, 0.05) is 18.6 Å². The Hall–Kier alpha value is -2.16. The highest BCUT2D eigenvalue weighted by atomic mass is 16.5. The van der Waals surface area contributed by atoms with Crippen molar-refractivity contribution < 1.29 is 14.1 Å². The zero-order chi connectivity index (χ0) is 16.9. The second-order valence-electron chi connectivity index (χ2n) is 6.12. The van der Waals surface area contributed by atoms with Gasteiger partial charge >= 0.3 is 5.97 Å². The van der Waals surface area contributed by atoms with Crippen LogP contribution in [0.15, 0.2) is 60.9 Å². The van der Waals surface area contributed by atoms with E-state index in [1.807, 2.05) is 36.4 Å². The number of unbranched alkanes of at least 4 members (excludes halogenated alkanes) is 5. The molecule has 3 nitrogen and oxygen atoms in total. The van der Waals surface area contributed by atoms with Crippen LogP contribution in [0.5, 0.6) is 0 Å². The number of carbonyl (C=O) groups is 1. The minimum absolute atomic E-state index is 0.124. The number of aryl methyl sites for hydroxylation is 1. The summed E-state index contributed by atoms with van der Waals surface area (Å²) in [6.07, 6.45) is 11.7. The molecular formula is C21H28NO2+. The van der Waals surface area contributed by atoms with Gasteiger partial charge in [0.1, 0.15) is 6.54 Å². The Morgan fingerprint density at radius 2 is 1.42 bits per heavy atom. The van der Waals surface area contributed by atoms with Crippen molar-refractivity contribution in [2.24, 2.45) is 0 Å². The van der Waals surface area contributed by atoms with E-state index in [2.05, 4.69) is 29.1 Å². The summed E-state index contributed by atoms with van der Waals surface area (Å²) in [4.78, 5) is 11.7. The van der Waals surface area contributed by atoms with E-state index in [-0.39, 0.29) is 5.97 Å². The summed E-state index contributed by atoms with van der Waals surface area (Å²) in [6, 6.07) is 15.9. The third-order valence-corrected chi connectivity index (χ3v) is 4.04. The van der Waals surface area contributed by atoms with Gasteiger partial charge in [-0.2, -0.15) is 0 Å². The first-order valence-electron chi connectivity index (χ1n) is 8.98. The highest BCUT2D eigenvalue weighted by Gasteiger charge is 2.04. The van der Waals surface area contributed by atoms with E-state index < -0.39 is 0 Å². The minimum Gasteiger partial charge on any atom is -0.465 e. The smallest absolute Gasteiger partial charge is 0.310 e. The van der Waals surface area contributed by atoms with Gasteiger partial charge in [-0.05, 0) is 18.4 Å². The zero-order valence-electron chi connectivity index (χ0n) is 14.4. The zero-order valence-corrected chi connectivity index (χ0v) is 14.4. The summed E-state index contributed by atoms with van der Waals surface area (Å²) in [7, 11) is 0. The lowest BCUT2D eigenvalue weighted by Gasteiger charge is -2.05. The average molecular weight is 326 g/mol. The Balaban J connectivity index is 1.41. The van der Waals surface area contributed by atoms with Crippen molar-refractivity contribution in [3.63, 3.8) is 0 Å². The Morgan fingerprint density at radius 3 is 2.17 bits per heavy atom. The summed E-state index contributed by atoms with van der Waals surface area (Å²) in [5.74, 6) is -0.124. The molecule has 0 fully saturated rings. The second-order valence-corrected chi connectivity index (χ2v) is 6.12. The molecule has 2 rings (SSSR count). The third-order valence-electron chi connectivity index (χ3n) is 4.04. The highest BCUT2D eigenvalue weighted by Crippen LogP contribution is 2.06. The van der Waals surface area contributed by atoms with Gasteiger partial charge in [0.15, 0.2) is 12.4 Å². The lowest BCUT2D eigenvalue weighted by atomic mass is 10.1. The quantitative estimate of drug-likeness (QED) is 0.353. The average Bonchev–Trinajstić information content (AvgIpc) is 2.62. The normalized spacial score (nSPS) is 10.5. The van der Waals surface area contributed by atoms with E-state index in [4.69, 9.17) is 4.74 Å². The van der Waals surface area contributed by atoms with Gasteiger partial charge in [-0.15, -0.1) is 0 Å². The fourth-order valence-corrected chi connectivity index (χ4v) is 2.69. The molecule has 0 amide bonds. The largest absolute Gasteiger partial charge is 0.465 e. The van der Waals surface area contributed by atoms with Crippen LogP contribution in [0.25, 0.3) is 0 Å². The molecule has 24 heavy (non-hydrogen) atoms. The van der Waals surface area contributed by atoms with E-state index in [0.29, 0.717) is 13.0 Å². The molecule has 0 aliphatic heterocycles. The SMILES string of the molecule is O=C(Cc1ccccc1)OCCCCCCCC[n+]1ccccc1. The van der Waals surface area contributed by atoms with Crippen molar-refractivity contribution in [1.29, 1.82) is 0 Å². The van der Waals surface area contributed by atoms with Crippen molar-refractivity contribution in [1.82, 2.24) is 0 Å². The van der Waals surface area contributed by atoms with Gasteiger partial charge in [-0.25, -0.2) is 4.57 Å². The Morgan fingerprint density at radius 1 is 0.792 bits per heavy atom. The molecule has 0 atom stereocenters. The lowest BCUT2D eigenvalue weighted by molar-refractivity contribution is -0.697. The lowest BCUT2D eigenvalue weighted by Crippen LogP contribution is -2.32. The molecule has 3 heteroatoms. The second kappa shape index (κ2) is 11.4. The maximum atomic E-state index is 11.7. The topological polar surface area (TPSA) is 30.2 Å². The summed E-state index contributed by atoms with van der Waals surface area (Å²) < 4.78 is 7.52. The predicted octanol–water partition coefficient (Wildman–Crippen LogP) is 4.10. The summed E-state index contributed by atoms with van der Waals surface area (Å²) in [5, 5.41) is 0. The molecule has 2 aromatic rings. The fourth-order valence-electron chi connectivity index (χ4n) is 2.69. The Labute approximate surface area is 145 Å². The van der Waals surface area contributed by atoms with Crippen molar-refractivity contribution in [3.8, 4) is 0 Å². The molecule has 0 saturated carbocycles. The van der Waals surface area contributed by atoms with Gasteiger partial charge in [0.2, 0.25) is 0 Å². The maximum Gasteiger partial charge on any atom is 0.310 e. The van der Waals surface area contributed by atoms with Gasteiger partial charge in [0.05, 0.1) is 13.0 Å². The van der Waals surface area contributed by atoms with Crippen LogP contribution < -0.4 is 4.57 Å². The van der Waals surface area contributed by atoms with Crippen LogP contribution in [0.1, 0.15) is 44.1 Å². The molecule has 1 aromatic heterocycles. The van der Waals surface area contributed by atoms with Gasteiger partial charge in [0.25, 0.3) is 0 Å². The molecule has 1 heterocycles. The summed E-state index contributed by atoms with van der Waals surface area (Å²) in [6.45, 7) is 1.64. The minimum atomic E-state index is -0.124. The highest BCUT2D eigenvalue weighted by molar-refractivity contribution is 5.72. The van der Waals surface area contributed by atoms with E-state index in [0.717, 1.165) is 24.9 Å². The van der Waals surface area contributed by atoms with Gasteiger partial charge < -0.3 is 4.74 Å². The van der Waals surface area contributed by atoms with Crippen LogP contribution in [0.2, 0.25) is 0 Å². The molecule has 0 aliphatic carbocycles. The first-order chi connectivity index (χ1) is 11.8. The molecule has 128 valence electrons. The molecule has 0 radical (unpaired) electrons. The molecular weight excluding hydrogens is 298 g/mol. The van der Waals surface area contributed by atoms with Crippen LogP contribution in [0, 0.1) is 0 Å². The summed E-state index contributed by atoms with van der Waals surface area (Å²) >= 11 is 0. The Bertz CT molecular complexity index is 569. The van der Waals surface area contributed by atoms with Crippen molar-refractivity contribution in [2.75, 3.05) is 6.61 Å². The number of benzene rings is 1. The van der Waals surface area contributed by atoms with Crippen LogP contribution >= 0.6 is 0 Å². The van der Waals surface area contributed by atoms with Crippen molar-refractivity contribution in [2.45, 2.75) is 51.5 Å². The van der Waals surface area contributed by atoms with Gasteiger partial charge in [-0.1, -0.05) is 55.7 Å². The maximum absolute atomic E-state index is 11.7. The molecule has 0 bridgehead atoms.